The van der Waals surface area contributed by atoms with Gasteiger partial charge in [0.25, 0.3) is 0 Å². The number of Topliss-reactive ketones (excluding diaryl/α,β-unsaturated/α-hetero) is 1. The Bertz CT molecular complexity index is 544. The summed E-state index contributed by atoms with van der Waals surface area (Å²) >= 11 is 0. The smallest absolute Gasteiger partial charge is 0.168 e. The van der Waals surface area contributed by atoms with Crippen LogP contribution in [-0.4, -0.2) is 32.1 Å². The lowest BCUT2D eigenvalue weighted by Crippen LogP contribution is -2.36. The van der Waals surface area contributed by atoms with Crippen LogP contribution in [0, 0.1) is 12.8 Å². The second-order valence-corrected chi connectivity index (χ2v) is 6.52. The van der Waals surface area contributed by atoms with Gasteiger partial charge in [0.1, 0.15) is 0 Å². The fourth-order valence-electron chi connectivity index (χ4n) is 3.66. The van der Waals surface area contributed by atoms with Crippen LogP contribution in [-0.2, 0) is 4.74 Å². The first-order valence-electron chi connectivity index (χ1n) is 8.44. The fraction of sp³-hybridized carbons (Fsp3) is 0.611. The molecule has 1 saturated heterocycles. The number of carbonyl (C=O) groups excluding carboxylic acids is 1. The van der Waals surface area contributed by atoms with Crippen LogP contribution in [0.1, 0.15) is 48.0 Å². The molecule has 2 fully saturated rings. The van der Waals surface area contributed by atoms with Crippen molar-refractivity contribution in [2.45, 2.75) is 39.0 Å². The molecule has 120 valence electrons. The maximum atomic E-state index is 12.8. The van der Waals surface area contributed by atoms with Gasteiger partial charge in [-0.3, -0.25) is 4.79 Å². The summed E-state index contributed by atoms with van der Waals surface area (Å²) in [7, 11) is 0. The molecule has 1 saturated carbocycles. The second kappa shape index (κ2) is 6.69. The molecule has 3 rings (SSSR count). The molecule has 0 bridgehead atoms. The molecule has 0 aromatic heterocycles. The van der Waals surface area contributed by atoms with E-state index in [0.29, 0.717) is 5.69 Å². The summed E-state index contributed by atoms with van der Waals surface area (Å²) < 4.78 is 5.42. The van der Waals surface area contributed by atoms with E-state index in [1.165, 1.54) is 19.3 Å². The first-order valence-corrected chi connectivity index (χ1v) is 8.44. The molecule has 1 heterocycles. The number of hydrogen-bond acceptors (Lipinski definition) is 4. The van der Waals surface area contributed by atoms with Gasteiger partial charge in [-0.25, -0.2) is 0 Å². The first kappa shape index (κ1) is 15.3. The molecule has 0 spiro atoms. The van der Waals surface area contributed by atoms with E-state index >= 15 is 0 Å². The summed E-state index contributed by atoms with van der Waals surface area (Å²) in [4.78, 5) is 15.1. The molecule has 1 aromatic rings. The average Bonchev–Trinajstić information content (AvgIpc) is 2.56. The molecular weight excluding hydrogens is 276 g/mol. The topological polar surface area (TPSA) is 55.6 Å². The molecule has 0 radical (unpaired) electrons. The van der Waals surface area contributed by atoms with E-state index in [-0.39, 0.29) is 11.7 Å². The normalized spacial score (nSPS) is 20.1. The van der Waals surface area contributed by atoms with E-state index in [1.807, 2.05) is 12.1 Å². The molecule has 4 heteroatoms. The average molecular weight is 302 g/mol. The molecule has 1 aliphatic heterocycles. The van der Waals surface area contributed by atoms with Crippen molar-refractivity contribution >= 4 is 17.2 Å². The SMILES string of the molecule is Cc1cc(N)c(C(=O)C2CCCCC2)cc1N1CCOCC1. The van der Waals surface area contributed by atoms with Gasteiger partial charge in [0.05, 0.1) is 13.2 Å². The minimum absolute atomic E-state index is 0.163. The molecule has 0 atom stereocenters. The Morgan fingerprint density at radius 3 is 2.55 bits per heavy atom. The van der Waals surface area contributed by atoms with Crippen molar-refractivity contribution in [1.29, 1.82) is 0 Å². The zero-order valence-electron chi connectivity index (χ0n) is 13.4. The number of benzene rings is 1. The Labute approximate surface area is 132 Å². The predicted octanol–water partition coefficient (Wildman–Crippen LogP) is 3.18. The van der Waals surface area contributed by atoms with Crippen LogP contribution in [0.25, 0.3) is 0 Å². The van der Waals surface area contributed by atoms with Crippen molar-refractivity contribution < 1.29 is 9.53 Å². The van der Waals surface area contributed by atoms with Crippen molar-refractivity contribution in [2.75, 3.05) is 36.9 Å². The van der Waals surface area contributed by atoms with E-state index in [4.69, 9.17) is 10.5 Å². The molecule has 2 N–H and O–H groups in total. The zero-order valence-corrected chi connectivity index (χ0v) is 13.4. The molecule has 0 unspecified atom stereocenters. The van der Waals surface area contributed by atoms with Gasteiger partial charge >= 0.3 is 0 Å². The summed E-state index contributed by atoms with van der Waals surface area (Å²) in [6, 6.07) is 3.98. The maximum absolute atomic E-state index is 12.8. The number of ether oxygens (including phenoxy) is 1. The number of hydrogen-bond donors (Lipinski definition) is 1. The molecule has 1 aromatic carbocycles. The van der Waals surface area contributed by atoms with Crippen molar-refractivity contribution in [1.82, 2.24) is 0 Å². The van der Waals surface area contributed by atoms with Crippen molar-refractivity contribution in [3.63, 3.8) is 0 Å². The highest BCUT2D eigenvalue weighted by Crippen LogP contribution is 2.32. The van der Waals surface area contributed by atoms with Gasteiger partial charge < -0.3 is 15.4 Å². The van der Waals surface area contributed by atoms with Crippen molar-refractivity contribution in [3.05, 3.63) is 23.3 Å². The number of nitrogen functional groups attached to an aromatic ring is 1. The lowest BCUT2D eigenvalue weighted by molar-refractivity contribution is 0.0890. The van der Waals surface area contributed by atoms with Gasteiger partial charge in [-0.15, -0.1) is 0 Å². The van der Waals surface area contributed by atoms with Crippen molar-refractivity contribution in [2.24, 2.45) is 5.92 Å². The Hall–Kier alpha value is -1.55. The second-order valence-electron chi connectivity index (χ2n) is 6.52. The lowest BCUT2D eigenvalue weighted by atomic mass is 9.83. The third-order valence-corrected chi connectivity index (χ3v) is 4.96. The monoisotopic (exact) mass is 302 g/mol. The van der Waals surface area contributed by atoms with Gasteiger partial charge in [-0.2, -0.15) is 0 Å². The van der Waals surface area contributed by atoms with Gasteiger partial charge in [0, 0.05) is 35.9 Å². The van der Waals surface area contributed by atoms with Gasteiger partial charge in [0.2, 0.25) is 0 Å². The number of nitrogens with two attached hydrogens (primary N) is 1. The third-order valence-electron chi connectivity index (χ3n) is 4.96. The summed E-state index contributed by atoms with van der Waals surface area (Å²) in [6.45, 7) is 5.31. The van der Waals surface area contributed by atoms with Crippen LogP contribution in [0.3, 0.4) is 0 Å². The first-order chi connectivity index (χ1) is 10.7. The highest BCUT2D eigenvalue weighted by molar-refractivity contribution is 6.03. The Morgan fingerprint density at radius 1 is 1.18 bits per heavy atom. The van der Waals surface area contributed by atoms with E-state index in [9.17, 15) is 4.79 Å². The zero-order chi connectivity index (χ0) is 15.5. The molecule has 0 amide bonds. The van der Waals surface area contributed by atoms with Crippen LogP contribution < -0.4 is 10.6 Å². The maximum Gasteiger partial charge on any atom is 0.168 e. The largest absolute Gasteiger partial charge is 0.398 e. The highest BCUT2D eigenvalue weighted by Gasteiger charge is 2.25. The lowest BCUT2D eigenvalue weighted by Gasteiger charge is -2.31. The van der Waals surface area contributed by atoms with E-state index < -0.39 is 0 Å². The third kappa shape index (κ3) is 3.12. The van der Waals surface area contributed by atoms with Crippen LogP contribution in [0.4, 0.5) is 11.4 Å². The number of aryl methyl sites for hydroxylation is 1. The quantitative estimate of drug-likeness (QED) is 0.688. The van der Waals surface area contributed by atoms with Crippen molar-refractivity contribution in [3.8, 4) is 0 Å². The summed E-state index contributed by atoms with van der Waals surface area (Å²) in [5.41, 5.74) is 9.79. The number of anilines is 2. The van der Waals surface area contributed by atoms with E-state index in [0.717, 1.165) is 56.0 Å². The number of rotatable bonds is 3. The van der Waals surface area contributed by atoms with Crippen LogP contribution in [0.2, 0.25) is 0 Å². The molecule has 4 nitrogen and oxygen atoms in total. The summed E-state index contributed by atoms with van der Waals surface area (Å²) in [6.07, 6.45) is 5.61. The number of morpholine rings is 1. The minimum Gasteiger partial charge on any atom is -0.398 e. The summed E-state index contributed by atoms with van der Waals surface area (Å²) in [5, 5.41) is 0. The predicted molar refractivity (Wildman–Crippen MR) is 89.5 cm³/mol. The summed E-state index contributed by atoms with van der Waals surface area (Å²) in [5.74, 6) is 0.406. The molecule has 2 aliphatic rings. The van der Waals surface area contributed by atoms with E-state index in [2.05, 4.69) is 11.8 Å². The highest BCUT2D eigenvalue weighted by atomic mass is 16.5. The number of carbonyl (C=O) groups is 1. The number of nitrogens with zero attached hydrogens (tertiary/aromatic N) is 1. The van der Waals surface area contributed by atoms with Gasteiger partial charge in [0.15, 0.2) is 5.78 Å². The Balaban J connectivity index is 1.88. The van der Waals surface area contributed by atoms with Gasteiger partial charge in [-0.1, -0.05) is 19.3 Å². The Morgan fingerprint density at radius 2 is 1.86 bits per heavy atom. The van der Waals surface area contributed by atoms with Crippen LogP contribution in [0.15, 0.2) is 12.1 Å². The van der Waals surface area contributed by atoms with Gasteiger partial charge in [-0.05, 0) is 37.5 Å². The molecular formula is C18H26N2O2. The van der Waals surface area contributed by atoms with Crippen LogP contribution >= 0.6 is 0 Å². The minimum atomic E-state index is 0.163. The standard InChI is InChI=1S/C18H26N2O2/c1-13-11-16(19)15(18(21)14-5-3-2-4-6-14)12-17(13)20-7-9-22-10-8-20/h11-12,14H,2-10,19H2,1H3. The Kier molecular flexibility index (Phi) is 4.67. The molecule has 1 aliphatic carbocycles. The number of ketones is 1. The van der Waals surface area contributed by atoms with Crippen LogP contribution in [0.5, 0.6) is 0 Å². The molecule has 22 heavy (non-hydrogen) atoms. The fourth-order valence-corrected chi connectivity index (χ4v) is 3.66. The van der Waals surface area contributed by atoms with E-state index in [1.54, 1.807) is 0 Å².